The van der Waals surface area contributed by atoms with Crippen molar-refractivity contribution in [2.75, 3.05) is 33.3 Å². The molecule has 0 aliphatic carbocycles. The lowest BCUT2D eigenvalue weighted by molar-refractivity contribution is 0.0764. The van der Waals surface area contributed by atoms with E-state index in [4.69, 9.17) is 26.1 Å². The molecule has 3 aromatic rings. The van der Waals surface area contributed by atoms with E-state index in [0.717, 1.165) is 47.1 Å². The van der Waals surface area contributed by atoms with Crippen molar-refractivity contribution in [3.05, 3.63) is 82.4 Å². The molecule has 174 valence electrons. The van der Waals surface area contributed by atoms with Gasteiger partial charge < -0.3 is 19.3 Å². The first-order chi connectivity index (χ1) is 16.5. The second-order valence-electron chi connectivity index (χ2n) is 8.48. The highest BCUT2D eigenvalue weighted by atomic mass is 35.5. The Labute approximate surface area is 204 Å². The van der Waals surface area contributed by atoms with Gasteiger partial charge in [-0.05, 0) is 55.3 Å². The number of benzene rings is 3. The Balaban J connectivity index is 1.47. The van der Waals surface area contributed by atoms with Gasteiger partial charge in [-0.3, -0.25) is 4.79 Å². The lowest BCUT2D eigenvalue weighted by atomic mass is 10.1. The molecular formula is C27H26ClN3O3. The first kappa shape index (κ1) is 22.3. The fourth-order valence-corrected chi connectivity index (χ4v) is 4.58. The fourth-order valence-electron chi connectivity index (χ4n) is 4.37. The summed E-state index contributed by atoms with van der Waals surface area (Å²) in [5.41, 5.74) is 3.33. The highest BCUT2D eigenvalue weighted by Gasteiger charge is 2.27. The van der Waals surface area contributed by atoms with Crippen molar-refractivity contribution in [1.29, 1.82) is 0 Å². The standard InChI is InChI=1S/C27H26ClN3O3/c1-18-8-11-23-25(16-18)34-24-17-19(33-2)9-10-21(24)26(29-23)30-12-5-13-31(15-14-30)27(32)20-6-3-4-7-22(20)28/h3-4,6-11,16-17H,5,12-15H2,1-2H3. The van der Waals surface area contributed by atoms with Crippen LogP contribution in [0.25, 0.3) is 0 Å². The molecule has 6 nitrogen and oxygen atoms in total. The summed E-state index contributed by atoms with van der Waals surface area (Å²) in [5.74, 6) is 2.95. The number of carbonyl (C=O) groups is 1. The van der Waals surface area contributed by atoms with Gasteiger partial charge in [-0.1, -0.05) is 29.8 Å². The van der Waals surface area contributed by atoms with Crippen molar-refractivity contribution >= 4 is 29.0 Å². The highest BCUT2D eigenvalue weighted by molar-refractivity contribution is 6.33. The summed E-state index contributed by atoms with van der Waals surface area (Å²) in [6, 6.07) is 19.0. The van der Waals surface area contributed by atoms with Gasteiger partial charge in [-0.2, -0.15) is 0 Å². The predicted molar refractivity (Wildman–Crippen MR) is 134 cm³/mol. The van der Waals surface area contributed by atoms with Gasteiger partial charge in [0.2, 0.25) is 0 Å². The van der Waals surface area contributed by atoms with Crippen molar-refractivity contribution in [3.8, 4) is 17.2 Å². The number of aliphatic imine (C=N–C) groups is 1. The first-order valence-electron chi connectivity index (χ1n) is 11.4. The van der Waals surface area contributed by atoms with Crippen LogP contribution in [-0.4, -0.2) is 54.8 Å². The molecule has 1 saturated heterocycles. The van der Waals surface area contributed by atoms with E-state index < -0.39 is 0 Å². The largest absolute Gasteiger partial charge is 0.497 e. The van der Waals surface area contributed by atoms with Crippen molar-refractivity contribution in [2.45, 2.75) is 13.3 Å². The van der Waals surface area contributed by atoms with Crippen LogP contribution in [0.2, 0.25) is 5.02 Å². The molecule has 0 unspecified atom stereocenters. The van der Waals surface area contributed by atoms with Crippen LogP contribution in [0.15, 0.2) is 65.7 Å². The Morgan fingerprint density at radius 2 is 1.85 bits per heavy atom. The molecule has 2 aliphatic heterocycles. The number of aryl methyl sites for hydroxylation is 1. The Morgan fingerprint density at radius 3 is 2.68 bits per heavy atom. The van der Waals surface area contributed by atoms with Crippen molar-refractivity contribution < 1.29 is 14.3 Å². The van der Waals surface area contributed by atoms with E-state index in [0.29, 0.717) is 36.0 Å². The molecule has 0 atom stereocenters. The molecule has 0 bridgehead atoms. The summed E-state index contributed by atoms with van der Waals surface area (Å²) in [7, 11) is 1.64. The second-order valence-corrected chi connectivity index (χ2v) is 8.89. The molecule has 7 heteroatoms. The highest BCUT2D eigenvalue weighted by Crippen LogP contribution is 2.40. The molecule has 2 aliphatic rings. The number of hydrogen-bond donors (Lipinski definition) is 0. The third-order valence-corrected chi connectivity index (χ3v) is 6.51. The van der Waals surface area contributed by atoms with E-state index >= 15 is 0 Å². The number of amidine groups is 1. The van der Waals surface area contributed by atoms with Gasteiger partial charge >= 0.3 is 0 Å². The zero-order valence-electron chi connectivity index (χ0n) is 19.3. The number of methoxy groups -OCH3 is 1. The van der Waals surface area contributed by atoms with Crippen molar-refractivity contribution in [3.63, 3.8) is 0 Å². The van der Waals surface area contributed by atoms with Crippen molar-refractivity contribution in [1.82, 2.24) is 9.80 Å². The minimum atomic E-state index is -0.0375. The van der Waals surface area contributed by atoms with Gasteiger partial charge in [0, 0.05) is 32.2 Å². The minimum Gasteiger partial charge on any atom is -0.497 e. The molecule has 0 radical (unpaired) electrons. The minimum absolute atomic E-state index is 0.0375. The third-order valence-electron chi connectivity index (χ3n) is 6.18. The molecule has 1 fully saturated rings. The molecule has 34 heavy (non-hydrogen) atoms. The maximum atomic E-state index is 13.1. The smallest absolute Gasteiger partial charge is 0.255 e. The topological polar surface area (TPSA) is 54.4 Å². The average molecular weight is 476 g/mol. The Bertz CT molecular complexity index is 1270. The third kappa shape index (κ3) is 4.33. The first-order valence-corrected chi connectivity index (χ1v) is 11.8. The van der Waals surface area contributed by atoms with Gasteiger partial charge in [0.05, 0.1) is 23.3 Å². The number of hydrogen-bond acceptors (Lipinski definition) is 5. The summed E-state index contributed by atoms with van der Waals surface area (Å²) in [5, 5.41) is 0.480. The number of rotatable bonds is 2. The van der Waals surface area contributed by atoms with E-state index in [1.54, 1.807) is 19.2 Å². The van der Waals surface area contributed by atoms with Crippen LogP contribution in [0.4, 0.5) is 5.69 Å². The lowest BCUT2D eigenvalue weighted by Crippen LogP contribution is -2.37. The number of nitrogens with zero attached hydrogens (tertiary/aromatic N) is 3. The van der Waals surface area contributed by atoms with E-state index in [-0.39, 0.29) is 5.91 Å². The summed E-state index contributed by atoms with van der Waals surface area (Å²) in [6.45, 7) is 4.70. The Kier molecular flexibility index (Phi) is 6.16. The normalized spacial score (nSPS) is 15.3. The van der Waals surface area contributed by atoms with Gasteiger partial charge in [0.1, 0.15) is 23.0 Å². The van der Waals surface area contributed by atoms with Gasteiger partial charge in [0.15, 0.2) is 5.75 Å². The molecule has 0 aromatic heterocycles. The van der Waals surface area contributed by atoms with E-state index in [1.165, 1.54) is 0 Å². The monoisotopic (exact) mass is 475 g/mol. The Morgan fingerprint density at radius 1 is 1.00 bits per heavy atom. The zero-order chi connectivity index (χ0) is 23.7. The van der Waals surface area contributed by atoms with Crippen LogP contribution in [0.5, 0.6) is 17.2 Å². The molecular weight excluding hydrogens is 450 g/mol. The number of carbonyl (C=O) groups excluding carboxylic acids is 1. The van der Waals surface area contributed by atoms with E-state index in [2.05, 4.69) is 4.90 Å². The molecule has 0 saturated carbocycles. The summed E-state index contributed by atoms with van der Waals surface area (Å²) in [4.78, 5) is 22.3. The maximum absolute atomic E-state index is 13.1. The molecule has 2 heterocycles. The lowest BCUT2D eigenvalue weighted by Gasteiger charge is -2.25. The molecule has 0 spiro atoms. The molecule has 0 N–H and O–H groups in total. The van der Waals surface area contributed by atoms with Crippen LogP contribution in [0.3, 0.4) is 0 Å². The number of amides is 1. The Hall–Kier alpha value is -3.51. The number of fused-ring (bicyclic) bond motifs is 2. The van der Waals surface area contributed by atoms with Gasteiger partial charge in [-0.25, -0.2) is 4.99 Å². The SMILES string of the molecule is COc1ccc2c(c1)Oc1cc(C)ccc1N=C2N1CCCN(C(=O)c2ccccc2Cl)CC1. The van der Waals surface area contributed by atoms with Crippen LogP contribution in [-0.2, 0) is 0 Å². The quantitative estimate of drug-likeness (QED) is 0.478. The van der Waals surface area contributed by atoms with Crippen LogP contribution < -0.4 is 9.47 Å². The average Bonchev–Trinajstić information content (AvgIpc) is 3.18. The van der Waals surface area contributed by atoms with Gasteiger partial charge in [-0.15, -0.1) is 0 Å². The summed E-state index contributed by atoms with van der Waals surface area (Å²) >= 11 is 6.29. The van der Waals surface area contributed by atoms with Crippen molar-refractivity contribution in [2.24, 2.45) is 4.99 Å². The number of halogens is 1. The van der Waals surface area contributed by atoms with Crippen LogP contribution in [0, 0.1) is 6.92 Å². The zero-order valence-corrected chi connectivity index (χ0v) is 20.0. The fraction of sp³-hybridized carbons (Fsp3) is 0.259. The summed E-state index contributed by atoms with van der Waals surface area (Å²) in [6.07, 6.45) is 0.822. The van der Waals surface area contributed by atoms with E-state index in [1.807, 2.05) is 60.4 Å². The van der Waals surface area contributed by atoms with Crippen LogP contribution >= 0.6 is 11.6 Å². The number of ether oxygens (including phenoxy) is 2. The molecule has 3 aromatic carbocycles. The molecule has 5 rings (SSSR count). The summed E-state index contributed by atoms with van der Waals surface area (Å²) < 4.78 is 11.7. The van der Waals surface area contributed by atoms with Crippen LogP contribution in [0.1, 0.15) is 27.9 Å². The maximum Gasteiger partial charge on any atom is 0.255 e. The van der Waals surface area contributed by atoms with E-state index in [9.17, 15) is 4.79 Å². The van der Waals surface area contributed by atoms with Gasteiger partial charge in [0.25, 0.3) is 5.91 Å². The molecule has 1 amide bonds. The predicted octanol–water partition coefficient (Wildman–Crippen LogP) is 5.69. The second kappa shape index (κ2) is 9.39.